The summed E-state index contributed by atoms with van der Waals surface area (Å²) in [5.41, 5.74) is 1.14. The number of aliphatic hydroxyl groups excluding tert-OH is 1. The van der Waals surface area contributed by atoms with Crippen LogP contribution in [0.2, 0.25) is 0 Å². The Morgan fingerprint density at radius 3 is 2.68 bits per heavy atom. The van der Waals surface area contributed by atoms with E-state index in [0.29, 0.717) is 12.3 Å². The van der Waals surface area contributed by atoms with Gasteiger partial charge in [0, 0.05) is 5.92 Å². The van der Waals surface area contributed by atoms with Crippen LogP contribution in [0.25, 0.3) is 0 Å². The summed E-state index contributed by atoms with van der Waals surface area (Å²) in [6, 6.07) is 9.79. The van der Waals surface area contributed by atoms with Crippen molar-refractivity contribution in [1.82, 2.24) is 5.32 Å². The molecule has 104 valence electrons. The minimum absolute atomic E-state index is 0.0122. The van der Waals surface area contributed by atoms with Crippen LogP contribution < -0.4 is 5.32 Å². The van der Waals surface area contributed by atoms with Gasteiger partial charge in [0.25, 0.3) is 0 Å². The zero-order valence-electron chi connectivity index (χ0n) is 11.5. The molecule has 0 aromatic heterocycles. The Bertz CT molecular complexity index is 404. The Balaban J connectivity index is 1.90. The lowest BCUT2D eigenvalue weighted by atomic mass is 9.96. The van der Waals surface area contributed by atoms with E-state index < -0.39 is 0 Å². The van der Waals surface area contributed by atoms with Gasteiger partial charge in [-0.15, -0.1) is 0 Å². The molecule has 2 N–H and O–H groups in total. The van der Waals surface area contributed by atoms with Crippen molar-refractivity contribution >= 4 is 5.91 Å². The fourth-order valence-corrected chi connectivity index (χ4v) is 2.90. The lowest BCUT2D eigenvalue weighted by Gasteiger charge is -2.21. The SMILES string of the molecule is CC1CCCC1C(=O)NC(CO)Cc1ccccc1. The van der Waals surface area contributed by atoms with Crippen molar-refractivity contribution in [3.05, 3.63) is 35.9 Å². The minimum atomic E-state index is -0.178. The van der Waals surface area contributed by atoms with Crippen molar-refractivity contribution in [1.29, 1.82) is 0 Å². The molecule has 1 saturated carbocycles. The predicted molar refractivity (Wildman–Crippen MR) is 75.7 cm³/mol. The van der Waals surface area contributed by atoms with Gasteiger partial charge in [-0.25, -0.2) is 0 Å². The number of hydrogen-bond acceptors (Lipinski definition) is 2. The monoisotopic (exact) mass is 261 g/mol. The van der Waals surface area contributed by atoms with Gasteiger partial charge in [0.05, 0.1) is 12.6 Å². The van der Waals surface area contributed by atoms with Crippen LogP contribution in [-0.4, -0.2) is 23.7 Å². The van der Waals surface area contributed by atoms with Crippen LogP contribution in [0.1, 0.15) is 31.7 Å². The number of hydrogen-bond donors (Lipinski definition) is 2. The van der Waals surface area contributed by atoms with Crippen LogP contribution in [-0.2, 0) is 11.2 Å². The van der Waals surface area contributed by atoms with Crippen molar-refractivity contribution in [3.8, 4) is 0 Å². The first-order valence-electron chi connectivity index (χ1n) is 7.16. The standard InChI is InChI=1S/C16H23NO2/c1-12-6-5-9-15(12)16(19)17-14(11-18)10-13-7-3-2-4-8-13/h2-4,7-8,12,14-15,18H,5-6,9-11H2,1H3,(H,17,19). The average molecular weight is 261 g/mol. The van der Waals surface area contributed by atoms with E-state index in [0.717, 1.165) is 24.8 Å². The Morgan fingerprint density at radius 1 is 1.37 bits per heavy atom. The highest BCUT2D eigenvalue weighted by molar-refractivity contribution is 5.79. The van der Waals surface area contributed by atoms with Crippen LogP contribution >= 0.6 is 0 Å². The number of rotatable bonds is 5. The van der Waals surface area contributed by atoms with E-state index in [-0.39, 0.29) is 24.5 Å². The fourth-order valence-electron chi connectivity index (χ4n) is 2.90. The maximum absolute atomic E-state index is 12.2. The molecule has 1 amide bonds. The number of nitrogens with one attached hydrogen (secondary N) is 1. The third-order valence-corrected chi connectivity index (χ3v) is 4.09. The first-order valence-corrected chi connectivity index (χ1v) is 7.16. The van der Waals surface area contributed by atoms with Gasteiger partial charge in [-0.05, 0) is 30.7 Å². The summed E-state index contributed by atoms with van der Waals surface area (Å²) in [6.07, 6.45) is 3.95. The van der Waals surface area contributed by atoms with E-state index in [1.165, 1.54) is 0 Å². The van der Waals surface area contributed by atoms with Crippen molar-refractivity contribution in [3.63, 3.8) is 0 Å². The van der Waals surface area contributed by atoms with E-state index in [4.69, 9.17) is 0 Å². The third kappa shape index (κ3) is 3.80. The van der Waals surface area contributed by atoms with E-state index in [1.807, 2.05) is 30.3 Å². The summed E-state index contributed by atoms with van der Waals surface area (Å²) in [6.45, 7) is 2.13. The average Bonchev–Trinajstić information content (AvgIpc) is 2.85. The van der Waals surface area contributed by atoms with Gasteiger partial charge >= 0.3 is 0 Å². The molecule has 19 heavy (non-hydrogen) atoms. The highest BCUT2D eigenvalue weighted by Gasteiger charge is 2.30. The van der Waals surface area contributed by atoms with Crippen LogP contribution in [0, 0.1) is 11.8 Å². The second kappa shape index (κ2) is 6.71. The summed E-state index contributed by atoms with van der Waals surface area (Å²) < 4.78 is 0. The Morgan fingerprint density at radius 2 is 2.11 bits per heavy atom. The summed E-state index contributed by atoms with van der Waals surface area (Å²) in [5.74, 6) is 0.709. The molecule has 0 aliphatic heterocycles. The van der Waals surface area contributed by atoms with E-state index in [1.54, 1.807) is 0 Å². The first-order chi connectivity index (χ1) is 9.20. The summed E-state index contributed by atoms with van der Waals surface area (Å²) in [7, 11) is 0. The zero-order chi connectivity index (χ0) is 13.7. The van der Waals surface area contributed by atoms with Crippen molar-refractivity contribution in [2.45, 2.75) is 38.6 Å². The molecule has 3 nitrogen and oxygen atoms in total. The summed E-state index contributed by atoms with van der Waals surface area (Å²) in [4.78, 5) is 12.2. The molecule has 0 saturated heterocycles. The molecule has 0 heterocycles. The van der Waals surface area contributed by atoms with Crippen molar-refractivity contribution in [2.24, 2.45) is 11.8 Å². The molecule has 1 aromatic rings. The zero-order valence-corrected chi connectivity index (χ0v) is 11.5. The summed E-state index contributed by atoms with van der Waals surface area (Å²) >= 11 is 0. The molecule has 0 radical (unpaired) electrons. The van der Waals surface area contributed by atoms with Crippen molar-refractivity contribution < 1.29 is 9.90 Å². The molecule has 3 atom stereocenters. The number of benzene rings is 1. The Labute approximate surface area is 115 Å². The van der Waals surface area contributed by atoms with Gasteiger partial charge < -0.3 is 10.4 Å². The largest absolute Gasteiger partial charge is 0.394 e. The molecule has 1 fully saturated rings. The van der Waals surface area contributed by atoms with Gasteiger partial charge in [0.1, 0.15) is 0 Å². The van der Waals surface area contributed by atoms with Crippen molar-refractivity contribution in [2.75, 3.05) is 6.61 Å². The molecular formula is C16H23NO2. The molecule has 0 spiro atoms. The molecule has 1 aliphatic carbocycles. The van der Waals surface area contributed by atoms with Gasteiger partial charge in [-0.3, -0.25) is 4.79 Å². The quantitative estimate of drug-likeness (QED) is 0.853. The second-order valence-corrected chi connectivity index (χ2v) is 5.59. The predicted octanol–water partition coefficient (Wildman–Crippen LogP) is 2.14. The molecule has 1 aromatic carbocycles. The smallest absolute Gasteiger partial charge is 0.223 e. The van der Waals surface area contributed by atoms with Gasteiger partial charge in [-0.1, -0.05) is 43.7 Å². The topological polar surface area (TPSA) is 49.3 Å². The second-order valence-electron chi connectivity index (χ2n) is 5.59. The number of amides is 1. The van der Waals surface area contributed by atoms with Gasteiger partial charge in [-0.2, -0.15) is 0 Å². The maximum Gasteiger partial charge on any atom is 0.223 e. The van der Waals surface area contributed by atoms with Crippen LogP contribution in [0.4, 0.5) is 0 Å². The number of aliphatic hydroxyl groups is 1. The fraction of sp³-hybridized carbons (Fsp3) is 0.562. The van der Waals surface area contributed by atoms with E-state index in [2.05, 4.69) is 12.2 Å². The third-order valence-electron chi connectivity index (χ3n) is 4.09. The van der Waals surface area contributed by atoms with Gasteiger partial charge in [0.15, 0.2) is 0 Å². The minimum Gasteiger partial charge on any atom is -0.394 e. The van der Waals surface area contributed by atoms with Gasteiger partial charge in [0.2, 0.25) is 5.91 Å². The highest BCUT2D eigenvalue weighted by atomic mass is 16.3. The number of carbonyl (C=O) groups is 1. The maximum atomic E-state index is 12.2. The first kappa shape index (κ1) is 14.1. The molecule has 3 heteroatoms. The lowest BCUT2D eigenvalue weighted by Crippen LogP contribution is -2.42. The molecular weight excluding hydrogens is 238 g/mol. The summed E-state index contributed by atoms with van der Waals surface area (Å²) in [5, 5.41) is 12.4. The Hall–Kier alpha value is -1.35. The Kier molecular flexibility index (Phi) is 4.97. The molecule has 1 aliphatic rings. The molecule has 3 unspecified atom stereocenters. The van der Waals surface area contributed by atoms with Crippen LogP contribution in [0.5, 0.6) is 0 Å². The molecule has 0 bridgehead atoms. The van der Waals surface area contributed by atoms with Crippen LogP contribution in [0.3, 0.4) is 0 Å². The molecule has 2 rings (SSSR count). The normalized spacial score (nSPS) is 24.1. The van der Waals surface area contributed by atoms with E-state index in [9.17, 15) is 9.90 Å². The lowest BCUT2D eigenvalue weighted by molar-refractivity contribution is -0.126. The number of carbonyl (C=O) groups excluding carboxylic acids is 1. The van der Waals surface area contributed by atoms with Crippen LogP contribution in [0.15, 0.2) is 30.3 Å². The highest BCUT2D eigenvalue weighted by Crippen LogP contribution is 2.31. The van der Waals surface area contributed by atoms with E-state index >= 15 is 0 Å².